The van der Waals surface area contributed by atoms with E-state index in [-0.39, 0.29) is 75.9 Å². The van der Waals surface area contributed by atoms with Gasteiger partial charge in [-0.05, 0) is 69.1 Å². The number of amides is 2. The van der Waals surface area contributed by atoms with E-state index >= 15 is 4.79 Å². The molecular formula is C40H42F6N4O6S. The first-order valence-corrected chi connectivity index (χ1v) is 19.8. The highest BCUT2D eigenvalue weighted by molar-refractivity contribution is 7.10. The highest BCUT2D eigenvalue weighted by atomic mass is 32.1. The molecule has 0 bridgehead atoms. The normalized spacial score (nSPS) is 23.8. The molecule has 2 aliphatic heterocycles. The van der Waals surface area contributed by atoms with E-state index in [1.54, 1.807) is 31.2 Å². The van der Waals surface area contributed by atoms with Crippen molar-refractivity contribution in [2.24, 2.45) is 5.92 Å². The molecule has 0 spiro atoms. The molecule has 3 fully saturated rings. The number of rotatable bonds is 11. The summed E-state index contributed by atoms with van der Waals surface area (Å²) in [5, 5.41) is 21.0. The molecule has 3 aliphatic rings. The quantitative estimate of drug-likeness (QED) is 0.191. The van der Waals surface area contributed by atoms with Crippen LogP contribution in [0.5, 0.6) is 11.5 Å². The second-order valence-electron chi connectivity index (χ2n) is 14.9. The molecule has 2 aromatic heterocycles. The highest BCUT2D eigenvalue weighted by Gasteiger charge is 2.57. The molecule has 1 N–H and O–H groups in total. The first kappa shape index (κ1) is 41.8. The molecule has 57 heavy (non-hydrogen) atoms. The standard InChI is InChI=1S/C40H42F6N4O6S/c1-2-7-31-38(56-27-22-32(57-23-27)40(44,45)46,13-6-17-50(31)35(53)34-29(39(41,42)43)9-5-16-48-34)36(54)49-18-14-37(24-47,15-19-49)28-8-3-4-10-30(28)55-26-12-11-25(20-26)21-33(51)52/h3-5,8-10,16,22-23,25-26,31H,2,6-7,11-15,17-21H2,1H3,(H,51,52). The third kappa shape index (κ3) is 8.70. The van der Waals surface area contributed by atoms with Crippen molar-refractivity contribution in [2.45, 2.75) is 107 Å². The summed E-state index contributed by atoms with van der Waals surface area (Å²) in [6.07, 6.45) is -6.17. The summed E-state index contributed by atoms with van der Waals surface area (Å²) in [4.78, 5) is 45.8. The summed E-state index contributed by atoms with van der Waals surface area (Å²) in [6.45, 7) is 1.72. The number of piperidine rings is 2. The molecule has 4 unspecified atom stereocenters. The van der Waals surface area contributed by atoms with Gasteiger partial charge in [-0.15, -0.1) is 11.3 Å². The lowest BCUT2D eigenvalue weighted by molar-refractivity contribution is -0.160. The van der Waals surface area contributed by atoms with Crippen molar-refractivity contribution in [1.82, 2.24) is 14.8 Å². The van der Waals surface area contributed by atoms with Crippen molar-refractivity contribution in [1.29, 1.82) is 5.26 Å². The third-order valence-electron chi connectivity index (χ3n) is 11.3. The van der Waals surface area contributed by atoms with Crippen LogP contribution in [0.4, 0.5) is 26.3 Å². The van der Waals surface area contributed by atoms with E-state index in [4.69, 9.17) is 9.47 Å². The second kappa shape index (κ2) is 16.6. The number of aliphatic carboxylic acids is 1. The Morgan fingerprint density at radius 2 is 1.75 bits per heavy atom. The van der Waals surface area contributed by atoms with Gasteiger partial charge in [0.15, 0.2) is 0 Å². The Kier molecular flexibility index (Phi) is 12.1. The monoisotopic (exact) mass is 820 g/mol. The maximum absolute atomic E-state index is 15.0. The predicted molar refractivity (Wildman–Crippen MR) is 194 cm³/mol. The van der Waals surface area contributed by atoms with Gasteiger partial charge in [-0.1, -0.05) is 31.5 Å². The van der Waals surface area contributed by atoms with Crippen molar-refractivity contribution in [3.8, 4) is 17.6 Å². The molecule has 4 atom stereocenters. The number of carbonyl (C=O) groups excluding carboxylic acids is 2. The fourth-order valence-electron chi connectivity index (χ4n) is 8.59. The number of hydrogen-bond donors (Lipinski definition) is 1. The van der Waals surface area contributed by atoms with Crippen LogP contribution in [0.3, 0.4) is 0 Å². The van der Waals surface area contributed by atoms with Crippen LogP contribution >= 0.6 is 11.3 Å². The zero-order valence-electron chi connectivity index (χ0n) is 31.1. The van der Waals surface area contributed by atoms with Gasteiger partial charge in [-0.3, -0.25) is 19.4 Å². The Morgan fingerprint density at radius 1 is 1.02 bits per heavy atom. The van der Waals surface area contributed by atoms with Crippen molar-refractivity contribution < 1.29 is 55.3 Å². The van der Waals surface area contributed by atoms with Crippen LogP contribution in [-0.4, -0.2) is 75.1 Å². The fraction of sp³-hybridized carbons (Fsp3) is 0.525. The van der Waals surface area contributed by atoms with Crippen LogP contribution in [0.15, 0.2) is 54.0 Å². The van der Waals surface area contributed by atoms with Crippen LogP contribution < -0.4 is 9.47 Å². The zero-order valence-corrected chi connectivity index (χ0v) is 31.9. The summed E-state index contributed by atoms with van der Waals surface area (Å²) in [5.74, 6) is -2.43. The number of nitriles is 1. The number of halogens is 6. The smallest absolute Gasteiger partial charge is 0.425 e. The predicted octanol–water partition coefficient (Wildman–Crippen LogP) is 8.51. The van der Waals surface area contributed by atoms with Crippen LogP contribution in [-0.2, 0) is 27.4 Å². The SMILES string of the molecule is CCCC1N(C(=O)c2ncccc2C(F)(F)F)CCCC1(Oc1csc(C(F)(F)F)c1)C(=O)N1CCC(C#N)(c2ccccc2OC2CCC(CC(=O)O)C2)CC1. The average Bonchev–Trinajstić information content (AvgIpc) is 3.84. The van der Waals surface area contributed by atoms with Gasteiger partial charge in [0.25, 0.3) is 11.8 Å². The maximum atomic E-state index is 15.0. The number of ether oxygens (including phenoxy) is 2. The summed E-state index contributed by atoms with van der Waals surface area (Å²) >= 11 is 0.365. The Balaban J connectivity index is 1.31. The van der Waals surface area contributed by atoms with Gasteiger partial charge < -0.3 is 24.4 Å². The van der Waals surface area contributed by atoms with Gasteiger partial charge in [-0.2, -0.15) is 31.6 Å². The summed E-state index contributed by atoms with van der Waals surface area (Å²) < 4.78 is 96.2. The lowest BCUT2D eigenvalue weighted by Gasteiger charge is -2.51. The number of nitrogens with zero attached hydrogens (tertiary/aromatic N) is 4. The lowest BCUT2D eigenvalue weighted by atomic mass is 9.72. The number of carboxylic acid groups (broad SMARTS) is 1. The van der Waals surface area contributed by atoms with Crippen molar-refractivity contribution in [3.63, 3.8) is 0 Å². The van der Waals surface area contributed by atoms with Gasteiger partial charge in [0.2, 0.25) is 5.60 Å². The van der Waals surface area contributed by atoms with Crippen LogP contribution in [0, 0.1) is 17.2 Å². The molecule has 1 saturated carbocycles. The maximum Gasteiger partial charge on any atom is 0.425 e. The number of aromatic nitrogens is 1. The summed E-state index contributed by atoms with van der Waals surface area (Å²) in [6, 6.07) is 10.9. The number of likely N-dealkylation sites (tertiary alicyclic amines) is 2. The Hall–Kier alpha value is -4.85. The molecule has 0 radical (unpaired) electrons. The largest absolute Gasteiger partial charge is 0.490 e. The number of alkyl halides is 6. The Labute approximate surface area is 329 Å². The highest BCUT2D eigenvalue weighted by Crippen LogP contribution is 2.46. The molecule has 10 nitrogen and oxygen atoms in total. The number of thiophene rings is 1. The third-order valence-corrected chi connectivity index (χ3v) is 12.2. The van der Waals surface area contributed by atoms with Crippen LogP contribution in [0.2, 0.25) is 0 Å². The number of carbonyl (C=O) groups is 3. The molecule has 2 saturated heterocycles. The van der Waals surface area contributed by atoms with E-state index < -0.39 is 63.3 Å². The number of benzene rings is 1. The minimum atomic E-state index is -4.92. The molecule has 1 aromatic carbocycles. The molecule has 4 heterocycles. The Morgan fingerprint density at radius 3 is 2.40 bits per heavy atom. The fourth-order valence-corrected chi connectivity index (χ4v) is 9.27. The summed E-state index contributed by atoms with van der Waals surface area (Å²) in [7, 11) is 0. The second-order valence-corrected chi connectivity index (χ2v) is 15.9. The number of carboxylic acids is 1. The van der Waals surface area contributed by atoms with E-state index in [0.717, 1.165) is 34.7 Å². The zero-order chi connectivity index (χ0) is 41.2. The molecule has 3 aromatic rings. The first-order chi connectivity index (χ1) is 27.0. The van der Waals surface area contributed by atoms with Gasteiger partial charge >= 0.3 is 18.3 Å². The van der Waals surface area contributed by atoms with Crippen molar-refractivity contribution in [2.75, 3.05) is 19.6 Å². The van der Waals surface area contributed by atoms with Crippen molar-refractivity contribution >= 4 is 29.1 Å². The van der Waals surface area contributed by atoms with Crippen LogP contribution in [0.25, 0.3) is 0 Å². The molecule has 306 valence electrons. The lowest BCUT2D eigenvalue weighted by Crippen LogP contribution is -2.68. The van der Waals surface area contributed by atoms with Crippen LogP contribution in [0.1, 0.15) is 97.6 Å². The first-order valence-electron chi connectivity index (χ1n) is 18.9. The number of hydrogen-bond acceptors (Lipinski definition) is 8. The molecule has 2 amide bonds. The van der Waals surface area contributed by atoms with Gasteiger partial charge in [0, 0.05) is 55.7 Å². The van der Waals surface area contributed by atoms with E-state index in [9.17, 15) is 46.3 Å². The topological polar surface area (TPSA) is 133 Å². The van der Waals surface area contributed by atoms with Gasteiger partial charge in [-0.25, -0.2) is 0 Å². The molecule has 6 rings (SSSR count). The molecule has 1 aliphatic carbocycles. The van der Waals surface area contributed by atoms with Gasteiger partial charge in [0.1, 0.15) is 22.1 Å². The Bertz CT molecular complexity index is 1990. The van der Waals surface area contributed by atoms with Gasteiger partial charge in [0.05, 0.1) is 29.2 Å². The number of pyridine rings is 1. The minimum Gasteiger partial charge on any atom is -0.490 e. The average molecular weight is 821 g/mol. The van der Waals surface area contributed by atoms with Crippen molar-refractivity contribution in [3.05, 3.63) is 75.7 Å². The number of para-hydroxylation sites is 1. The summed E-state index contributed by atoms with van der Waals surface area (Å²) in [5.41, 5.74) is -4.62. The molecule has 17 heteroatoms. The molecular weight excluding hydrogens is 779 g/mol. The van der Waals surface area contributed by atoms with E-state index in [2.05, 4.69) is 11.1 Å². The van der Waals surface area contributed by atoms with E-state index in [1.807, 2.05) is 0 Å². The van der Waals surface area contributed by atoms with E-state index in [1.165, 1.54) is 4.90 Å². The van der Waals surface area contributed by atoms with E-state index in [0.29, 0.717) is 48.3 Å². The minimum absolute atomic E-state index is 0.0125.